The molecule has 0 aromatic carbocycles. The Kier molecular flexibility index (Phi) is 6.57. The molecule has 0 aliphatic rings. The average Bonchev–Trinajstić information content (AvgIpc) is 2.22. The van der Waals surface area contributed by atoms with Gasteiger partial charge in [0.2, 0.25) is 0 Å². The molecule has 2 nitrogen and oxygen atoms in total. The molecule has 0 aliphatic heterocycles. The maximum absolute atomic E-state index is 12.6. The van der Waals surface area contributed by atoms with Crippen LogP contribution in [0.25, 0.3) is 0 Å². The van der Waals surface area contributed by atoms with Crippen LogP contribution in [0.5, 0.6) is 0 Å². The first-order valence-corrected chi connectivity index (χ1v) is 7.79. The molecule has 0 heterocycles. The SMILES string of the molecule is CC(C)C(C)(CC(C)(C)C)C(=O)OC(C)(C)CCC(F)(F)F. The molecule has 0 saturated carbocycles. The smallest absolute Gasteiger partial charge is 0.389 e. The van der Waals surface area contributed by atoms with E-state index in [-0.39, 0.29) is 17.8 Å². The number of esters is 1. The van der Waals surface area contributed by atoms with Gasteiger partial charge in [0.25, 0.3) is 0 Å². The summed E-state index contributed by atoms with van der Waals surface area (Å²) < 4.78 is 42.6. The maximum atomic E-state index is 12.6. The highest BCUT2D eigenvalue weighted by Crippen LogP contribution is 2.41. The lowest BCUT2D eigenvalue weighted by molar-refractivity contribution is -0.180. The highest BCUT2D eigenvalue weighted by molar-refractivity contribution is 5.77. The fourth-order valence-electron chi connectivity index (χ4n) is 2.47. The number of ether oxygens (including phenoxy) is 1. The van der Waals surface area contributed by atoms with Crippen LogP contribution in [-0.4, -0.2) is 17.7 Å². The maximum Gasteiger partial charge on any atom is 0.389 e. The Bertz CT molecular complexity index is 378. The lowest BCUT2D eigenvalue weighted by Gasteiger charge is -2.39. The second-order valence-corrected chi connectivity index (χ2v) is 8.57. The van der Waals surface area contributed by atoms with Gasteiger partial charge < -0.3 is 4.74 Å². The zero-order valence-electron chi connectivity index (χ0n) is 15.1. The molecule has 1 atom stereocenters. The van der Waals surface area contributed by atoms with Gasteiger partial charge in [-0.3, -0.25) is 4.79 Å². The standard InChI is InChI=1S/C17H31F3O2/c1-12(2)16(8,11-14(3,4)5)13(21)22-15(6,7)9-10-17(18,19)20/h12H,9-11H2,1-8H3. The summed E-state index contributed by atoms with van der Waals surface area (Å²) in [5.41, 5.74) is -1.91. The predicted octanol–water partition coefficient (Wildman–Crippen LogP) is 5.75. The third-order valence-corrected chi connectivity index (χ3v) is 4.02. The van der Waals surface area contributed by atoms with Crippen LogP contribution in [-0.2, 0) is 9.53 Å². The summed E-state index contributed by atoms with van der Waals surface area (Å²) in [7, 11) is 0. The number of hydrogen-bond acceptors (Lipinski definition) is 2. The summed E-state index contributed by atoms with van der Waals surface area (Å²) in [5.74, 6) is -0.373. The van der Waals surface area contributed by atoms with E-state index in [9.17, 15) is 18.0 Å². The van der Waals surface area contributed by atoms with Gasteiger partial charge >= 0.3 is 12.1 Å². The molecule has 0 spiro atoms. The average molecular weight is 324 g/mol. The van der Waals surface area contributed by atoms with E-state index in [0.29, 0.717) is 6.42 Å². The van der Waals surface area contributed by atoms with Crippen LogP contribution >= 0.6 is 0 Å². The molecule has 0 radical (unpaired) electrons. The first-order valence-electron chi connectivity index (χ1n) is 7.79. The Hall–Kier alpha value is -0.740. The quantitative estimate of drug-likeness (QED) is 0.582. The molecule has 0 aliphatic carbocycles. The minimum absolute atomic E-state index is 0.0395. The molecule has 0 amide bonds. The van der Waals surface area contributed by atoms with Crippen LogP contribution in [0.3, 0.4) is 0 Å². The summed E-state index contributed by atoms with van der Waals surface area (Å²) in [4.78, 5) is 12.6. The Morgan fingerprint density at radius 3 is 1.73 bits per heavy atom. The number of carbonyl (C=O) groups is 1. The summed E-state index contributed by atoms with van der Waals surface area (Å²) >= 11 is 0. The molecule has 22 heavy (non-hydrogen) atoms. The second-order valence-electron chi connectivity index (χ2n) is 8.57. The van der Waals surface area contributed by atoms with E-state index in [1.165, 1.54) is 13.8 Å². The molecular weight excluding hydrogens is 293 g/mol. The van der Waals surface area contributed by atoms with Gasteiger partial charge in [-0.05, 0) is 44.9 Å². The third-order valence-electron chi connectivity index (χ3n) is 4.02. The molecule has 1 unspecified atom stereocenters. The van der Waals surface area contributed by atoms with Gasteiger partial charge in [0.1, 0.15) is 5.60 Å². The summed E-state index contributed by atoms with van der Waals surface area (Å²) in [6.45, 7) is 14.9. The minimum atomic E-state index is -4.24. The highest BCUT2D eigenvalue weighted by atomic mass is 19.4. The highest BCUT2D eigenvalue weighted by Gasteiger charge is 2.44. The van der Waals surface area contributed by atoms with E-state index in [2.05, 4.69) is 0 Å². The van der Waals surface area contributed by atoms with Crippen LogP contribution in [0.4, 0.5) is 13.2 Å². The van der Waals surface area contributed by atoms with Crippen LogP contribution in [0.1, 0.15) is 74.7 Å². The largest absolute Gasteiger partial charge is 0.459 e. The third kappa shape index (κ3) is 7.50. The van der Waals surface area contributed by atoms with E-state index in [4.69, 9.17) is 4.74 Å². The molecule has 0 N–H and O–H groups in total. The fourth-order valence-corrected chi connectivity index (χ4v) is 2.47. The van der Waals surface area contributed by atoms with Crippen molar-refractivity contribution < 1.29 is 22.7 Å². The number of hydrogen-bond donors (Lipinski definition) is 0. The van der Waals surface area contributed by atoms with Crippen molar-refractivity contribution >= 4 is 5.97 Å². The zero-order valence-corrected chi connectivity index (χ0v) is 15.1. The lowest BCUT2D eigenvalue weighted by Crippen LogP contribution is -2.42. The van der Waals surface area contributed by atoms with E-state index in [0.717, 1.165) is 0 Å². The number of halogens is 3. The van der Waals surface area contributed by atoms with Gasteiger partial charge in [-0.1, -0.05) is 34.6 Å². The van der Waals surface area contributed by atoms with E-state index in [1.807, 2.05) is 41.5 Å². The molecule has 0 saturated heterocycles. The van der Waals surface area contributed by atoms with Crippen molar-refractivity contribution in [3.8, 4) is 0 Å². The van der Waals surface area contributed by atoms with E-state index >= 15 is 0 Å². The Balaban J connectivity index is 5.04. The number of alkyl halides is 3. The van der Waals surface area contributed by atoms with Gasteiger partial charge in [-0.25, -0.2) is 0 Å². The first kappa shape index (κ1) is 21.3. The Morgan fingerprint density at radius 2 is 1.41 bits per heavy atom. The molecule has 5 heteroatoms. The van der Waals surface area contributed by atoms with E-state index < -0.39 is 29.6 Å². The van der Waals surface area contributed by atoms with Crippen molar-refractivity contribution in [2.45, 2.75) is 86.4 Å². The first-order chi connectivity index (χ1) is 9.49. The van der Waals surface area contributed by atoms with Crippen molar-refractivity contribution in [2.75, 3.05) is 0 Å². The number of carbonyl (C=O) groups excluding carboxylic acids is 1. The Morgan fingerprint density at radius 1 is 0.955 bits per heavy atom. The van der Waals surface area contributed by atoms with Gasteiger partial charge in [0.15, 0.2) is 0 Å². The van der Waals surface area contributed by atoms with Crippen molar-refractivity contribution in [3.05, 3.63) is 0 Å². The van der Waals surface area contributed by atoms with Crippen molar-refractivity contribution in [1.82, 2.24) is 0 Å². The molecular formula is C17H31F3O2. The molecule has 0 aromatic rings. The van der Waals surface area contributed by atoms with Gasteiger partial charge in [-0.15, -0.1) is 0 Å². The lowest BCUT2D eigenvalue weighted by atomic mass is 9.68. The van der Waals surface area contributed by atoms with Crippen LogP contribution in [0.15, 0.2) is 0 Å². The second kappa shape index (κ2) is 6.79. The summed E-state index contributed by atoms with van der Waals surface area (Å²) in [6, 6.07) is 0. The van der Waals surface area contributed by atoms with Crippen molar-refractivity contribution in [1.29, 1.82) is 0 Å². The fraction of sp³-hybridized carbons (Fsp3) is 0.941. The summed E-state index contributed by atoms with van der Waals surface area (Å²) in [5, 5.41) is 0. The van der Waals surface area contributed by atoms with Gasteiger partial charge in [0, 0.05) is 6.42 Å². The molecule has 0 rings (SSSR count). The predicted molar refractivity (Wildman–Crippen MR) is 82.5 cm³/mol. The van der Waals surface area contributed by atoms with Crippen LogP contribution < -0.4 is 0 Å². The molecule has 0 fully saturated rings. The Labute approximate surface area is 132 Å². The minimum Gasteiger partial charge on any atom is -0.459 e. The number of rotatable bonds is 6. The monoisotopic (exact) mass is 324 g/mol. The zero-order chi connectivity index (χ0) is 18.0. The normalized spacial score (nSPS) is 16.5. The van der Waals surface area contributed by atoms with Crippen LogP contribution in [0, 0.1) is 16.7 Å². The van der Waals surface area contributed by atoms with Gasteiger partial charge in [-0.2, -0.15) is 13.2 Å². The molecule has 132 valence electrons. The van der Waals surface area contributed by atoms with Crippen LogP contribution in [0.2, 0.25) is 0 Å². The summed E-state index contributed by atoms with van der Waals surface area (Å²) in [6.07, 6.45) is -4.81. The van der Waals surface area contributed by atoms with Crippen molar-refractivity contribution in [2.24, 2.45) is 16.7 Å². The van der Waals surface area contributed by atoms with Crippen molar-refractivity contribution in [3.63, 3.8) is 0 Å². The van der Waals surface area contributed by atoms with E-state index in [1.54, 1.807) is 0 Å². The molecule has 0 aromatic heterocycles. The molecule has 0 bridgehead atoms. The van der Waals surface area contributed by atoms with Gasteiger partial charge in [0.05, 0.1) is 5.41 Å². The topological polar surface area (TPSA) is 26.3 Å².